The number of carbonyl (C=O) groups is 1. The lowest BCUT2D eigenvalue weighted by Crippen LogP contribution is -2.37. The fourth-order valence-electron chi connectivity index (χ4n) is 3.44. The number of rotatable bonds is 2. The number of amides is 1. The SMILES string of the molecule is O=C(c1cc2cc(Cl)ccc2o1)N1CCC(c2ccc(O)cc2)CC1. The largest absolute Gasteiger partial charge is 0.508 e. The number of piperidine rings is 1. The summed E-state index contributed by atoms with van der Waals surface area (Å²) in [4.78, 5) is 14.6. The number of nitrogens with zero attached hydrogens (tertiary/aromatic N) is 1. The molecular formula is C20H18ClNO3. The Morgan fingerprint density at radius 3 is 2.52 bits per heavy atom. The minimum atomic E-state index is -0.0727. The number of carbonyl (C=O) groups excluding carboxylic acids is 1. The second-order valence-corrected chi connectivity index (χ2v) is 6.89. The van der Waals surface area contributed by atoms with Crippen molar-refractivity contribution < 1.29 is 14.3 Å². The van der Waals surface area contributed by atoms with Crippen molar-refractivity contribution in [1.82, 2.24) is 4.90 Å². The van der Waals surface area contributed by atoms with E-state index in [-0.39, 0.29) is 11.7 Å². The molecule has 4 rings (SSSR count). The lowest BCUT2D eigenvalue weighted by atomic mass is 9.89. The summed E-state index contributed by atoms with van der Waals surface area (Å²) in [5, 5.41) is 10.9. The number of furan rings is 1. The van der Waals surface area contributed by atoms with E-state index in [9.17, 15) is 9.90 Å². The van der Waals surface area contributed by atoms with Crippen LogP contribution in [0, 0.1) is 0 Å². The van der Waals surface area contributed by atoms with E-state index < -0.39 is 0 Å². The molecule has 0 spiro atoms. The molecule has 0 aliphatic carbocycles. The fraction of sp³-hybridized carbons (Fsp3) is 0.250. The second kappa shape index (κ2) is 6.45. The van der Waals surface area contributed by atoms with Crippen molar-refractivity contribution in [3.05, 3.63) is 64.9 Å². The summed E-state index contributed by atoms with van der Waals surface area (Å²) in [6.07, 6.45) is 1.81. The van der Waals surface area contributed by atoms with Gasteiger partial charge in [-0.3, -0.25) is 4.79 Å². The highest BCUT2D eigenvalue weighted by Gasteiger charge is 2.26. The Hall–Kier alpha value is -2.46. The third kappa shape index (κ3) is 3.22. The van der Waals surface area contributed by atoms with Crippen LogP contribution in [0.4, 0.5) is 0 Å². The lowest BCUT2D eigenvalue weighted by molar-refractivity contribution is 0.0683. The number of halogens is 1. The lowest BCUT2D eigenvalue weighted by Gasteiger charge is -2.31. The average Bonchev–Trinajstić information content (AvgIpc) is 3.05. The quantitative estimate of drug-likeness (QED) is 0.717. The maximum Gasteiger partial charge on any atom is 0.289 e. The summed E-state index contributed by atoms with van der Waals surface area (Å²) in [5.74, 6) is 0.984. The van der Waals surface area contributed by atoms with Crippen LogP contribution in [-0.4, -0.2) is 29.0 Å². The van der Waals surface area contributed by atoms with Crippen LogP contribution in [0.15, 0.2) is 52.9 Å². The van der Waals surface area contributed by atoms with Crippen molar-refractivity contribution in [2.45, 2.75) is 18.8 Å². The van der Waals surface area contributed by atoms with Crippen molar-refractivity contribution in [2.24, 2.45) is 0 Å². The maximum absolute atomic E-state index is 12.7. The zero-order chi connectivity index (χ0) is 17.4. The molecule has 1 saturated heterocycles. The van der Waals surface area contributed by atoms with Gasteiger partial charge >= 0.3 is 0 Å². The molecule has 2 aromatic carbocycles. The van der Waals surface area contributed by atoms with E-state index in [1.165, 1.54) is 5.56 Å². The molecule has 0 unspecified atom stereocenters. The van der Waals surface area contributed by atoms with Crippen LogP contribution < -0.4 is 0 Å². The number of fused-ring (bicyclic) bond motifs is 1. The Labute approximate surface area is 150 Å². The monoisotopic (exact) mass is 355 g/mol. The molecule has 1 aromatic heterocycles. The number of hydrogen-bond donors (Lipinski definition) is 1. The van der Waals surface area contributed by atoms with E-state index in [0.717, 1.165) is 18.2 Å². The number of phenols is 1. The summed E-state index contributed by atoms with van der Waals surface area (Å²) in [6, 6.07) is 14.4. The molecule has 4 nitrogen and oxygen atoms in total. The smallest absolute Gasteiger partial charge is 0.289 e. The van der Waals surface area contributed by atoms with Gasteiger partial charge in [0.05, 0.1) is 0 Å². The molecule has 0 radical (unpaired) electrons. The first-order valence-corrected chi connectivity index (χ1v) is 8.75. The molecule has 3 aromatic rings. The van der Waals surface area contributed by atoms with Gasteiger partial charge in [0.2, 0.25) is 0 Å². The van der Waals surface area contributed by atoms with Gasteiger partial charge in [-0.15, -0.1) is 0 Å². The average molecular weight is 356 g/mol. The molecular weight excluding hydrogens is 338 g/mol. The summed E-state index contributed by atoms with van der Waals surface area (Å²) in [7, 11) is 0. The van der Waals surface area contributed by atoms with Crippen molar-refractivity contribution in [3.8, 4) is 5.75 Å². The van der Waals surface area contributed by atoms with E-state index in [4.69, 9.17) is 16.0 Å². The van der Waals surface area contributed by atoms with Gasteiger partial charge in [-0.2, -0.15) is 0 Å². The van der Waals surface area contributed by atoms with E-state index in [2.05, 4.69) is 0 Å². The van der Waals surface area contributed by atoms with Gasteiger partial charge < -0.3 is 14.4 Å². The first-order valence-electron chi connectivity index (χ1n) is 8.37. The van der Waals surface area contributed by atoms with Crippen LogP contribution in [0.2, 0.25) is 5.02 Å². The first kappa shape index (κ1) is 16.0. The standard InChI is InChI=1S/C20H18ClNO3/c21-16-3-6-18-15(11-16)12-19(25-18)20(24)22-9-7-14(8-10-22)13-1-4-17(23)5-2-13/h1-6,11-12,14,23H,7-10H2. The zero-order valence-corrected chi connectivity index (χ0v) is 14.4. The van der Waals surface area contributed by atoms with Gasteiger partial charge in [-0.25, -0.2) is 0 Å². The van der Waals surface area contributed by atoms with Crippen LogP contribution >= 0.6 is 11.6 Å². The molecule has 1 aliphatic rings. The molecule has 2 heterocycles. The molecule has 1 amide bonds. The Balaban J connectivity index is 1.46. The molecule has 0 atom stereocenters. The summed E-state index contributed by atoms with van der Waals surface area (Å²) in [6.45, 7) is 1.39. The van der Waals surface area contributed by atoms with Gasteiger partial charge in [0.1, 0.15) is 11.3 Å². The van der Waals surface area contributed by atoms with E-state index in [1.54, 1.807) is 36.4 Å². The first-order chi connectivity index (χ1) is 12.1. The third-order valence-corrected chi connectivity index (χ3v) is 5.07. The maximum atomic E-state index is 12.7. The minimum absolute atomic E-state index is 0.0727. The fourth-order valence-corrected chi connectivity index (χ4v) is 3.62. The molecule has 1 fully saturated rings. The highest BCUT2D eigenvalue weighted by molar-refractivity contribution is 6.31. The highest BCUT2D eigenvalue weighted by atomic mass is 35.5. The van der Waals surface area contributed by atoms with Crippen LogP contribution in [0.25, 0.3) is 11.0 Å². The van der Waals surface area contributed by atoms with Crippen LogP contribution in [-0.2, 0) is 0 Å². The molecule has 1 aliphatic heterocycles. The van der Waals surface area contributed by atoms with Crippen LogP contribution in [0.1, 0.15) is 34.9 Å². The number of likely N-dealkylation sites (tertiary alicyclic amines) is 1. The third-order valence-electron chi connectivity index (χ3n) is 4.84. The predicted molar refractivity (Wildman–Crippen MR) is 97.2 cm³/mol. The second-order valence-electron chi connectivity index (χ2n) is 6.45. The van der Waals surface area contributed by atoms with Gasteiger partial charge in [0.25, 0.3) is 5.91 Å². The van der Waals surface area contributed by atoms with Gasteiger partial charge in [-0.1, -0.05) is 23.7 Å². The number of benzene rings is 2. The highest BCUT2D eigenvalue weighted by Crippen LogP contribution is 2.30. The van der Waals surface area contributed by atoms with Crippen molar-refractivity contribution in [1.29, 1.82) is 0 Å². The Morgan fingerprint density at radius 2 is 1.80 bits per heavy atom. The topological polar surface area (TPSA) is 53.7 Å². The predicted octanol–water partition coefficient (Wildman–Crippen LogP) is 4.81. The molecule has 5 heteroatoms. The molecule has 0 saturated carbocycles. The summed E-state index contributed by atoms with van der Waals surface area (Å²) < 4.78 is 5.69. The number of hydrogen-bond acceptors (Lipinski definition) is 3. The Kier molecular flexibility index (Phi) is 4.14. The summed E-state index contributed by atoms with van der Waals surface area (Å²) >= 11 is 5.99. The minimum Gasteiger partial charge on any atom is -0.508 e. The molecule has 0 bridgehead atoms. The van der Waals surface area contributed by atoms with Crippen molar-refractivity contribution in [3.63, 3.8) is 0 Å². The van der Waals surface area contributed by atoms with Gasteiger partial charge in [-0.05, 0) is 60.7 Å². The summed E-state index contributed by atoms with van der Waals surface area (Å²) in [5.41, 5.74) is 1.88. The number of aromatic hydroxyl groups is 1. The van der Waals surface area contributed by atoms with E-state index in [1.807, 2.05) is 17.0 Å². The van der Waals surface area contributed by atoms with Crippen LogP contribution in [0.5, 0.6) is 5.75 Å². The van der Waals surface area contributed by atoms with Crippen LogP contribution in [0.3, 0.4) is 0 Å². The van der Waals surface area contributed by atoms with E-state index in [0.29, 0.717) is 35.4 Å². The zero-order valence-electron chi connectivity index (χ0n) is 13.6. The molecule has 1 N–H and O–H groups in total. The number of phenolic OH excluding ortho intramolecular Hbond substituents is 1. The van der Waals surface area contributed by atoms with Crippen molar-refractivity contribution in [2.75, 3.05) is 13.1 Å². The normalized spacial score (nSPS) is 15.6. The van der Waals surface area contributed by atoms with Gasteiger partial charge in [0, 0.05) is 23.5 Å². The Bertz CT molecular complexity index is 908. The van der Waals surface area contributed by atoms with Crippen molar-refractivity contribution >= 4 is 28.5 Å². The van der Waals surface area contributed by atoms with E-state index >= 15 is 0 Å². The molecule has 25 heavy (non-hydrogen) atoms. The molecule has 128 valence electrons. The van der Waals surface area contributed by atoms with Gasteiger partial charge in [0.15, 0.2) is 5.76 Å². The Morgan fingerprint density at radius 1 is 1.08 bits per heavy atom.